The monoisotopic (exact) mass is 605 g/mol. The molecule has 0 spiro atoms. The molecule has 0 unspecified atom stereocenters. The van der Waals surface area contributed by atoms with Crippen LogP contribution in [0.25, 0.3) is 66.8 Å². The van der Waals surface area contributed by atoms with E-state index in [9.17, 15) is 0 Å². The Morgan fingerprint density at radius 2 is 1.23 bits per heavy atom. The highest BCUT2D eigenvalue weighted by Gasteiger charge is 2.26. The lowest BCUT2D eigenvalue weighted by molar-refractivity contribution is 0.545. The second kappa shape index (κ2) is 11.5. The van der Waals surface area contributed by atoms with Gasteiger partial charge in [0.05, 0.1) is 0 Å². The van der Waals surface area contributed by atoms with Crippen molar-refractivity contribution in [3.05, 3.63) is 162 Å². The second-order valence-electron chi connectivity index (χ2n) is 12.2. The number of furan rings is 1. The molecule has 2 aliphatic carbocycles. The van der Waals surface area contributed by atoms with Crippen LogP contribution in [0.5, 0.6) is 0 Å². The number of rotatable bonds is 5. The Morgan fingerprint density at radius 1 is 0.532 bits per heavy atom. The van der Waals surface area contributed by atoms with Gasteiger partial charge in [-0.15, -0.1) is 0 Å². The SMILES string of the molecule is C1=CCCC(c2ccc(-c3nc(C4=CCCc5oc6ccc(-c7ccccc7)cc6c54)nc(-c4ccccc4)n3)c3ccccc23)=C1. The van der Waals surface area contributed by atoms with Gasteiger partial charge in [-0.3, -0.25) is 0 Å². The average molecular weight is 606 g/mol. The van der Waals surface area contributed by atoms with Gasteiger partial charge in [0.25, 0.3) is 0 Å². The third-order valence-electron chi connectivity index (χ3n) is 9.29. The number of hydrogen-bond acceptors (Lipinski definition) is 4. The first-order valence-corrected chi connectivity index (χ1v) is 16.3. The molecule has 4 heteroatoms. The molecule has 0 radical (unpaired) electrons. The molecule has 0 aliphatic heterocycles. The minimum absolute atomic E-state index is 0.657. The molecule has 0 saturated heterocycles. The number of allylic oxidation sites excluding steroid dienone is 5. The fourth-order valence-electron chi connectivity index (χ4n) is 7.02. The highest BCUT2D eigenvalue weighted by atomic mass is 16.3. The van der Waals surface area contributed by atoms with Crippen molar-refractivity contribution in [3.8, 4) is 33.9 Å². The molecule has 2 aliphatic rings. The highest BCUT2D eigenvalue weighted by molar-refractivity contribution is 6.03. The maximum absolute atomic E-state index is 6.47. The molecule has 5 aromatic carbocycles. The summed E-state index contributed by atoms with van der Waals surface area (Å²) in [5.74, 6) is 2.97. The Kier molecular flexibility index (Phi) is 6.71. The van der Waals surface area contributed by atoms with Crippen molar-refractivity contribution in [2.75, 3.05) is 0 Å². The van der Waals surface area contributed by atoms with Crippen LogP contribution in [0.1, 0.15) is 42.0 Å². The van der Waals surface area contributed by atoms with Gasteiger partial charge in [0.2, 0.25) is 0 Å². The first-order chi connectivity index (χ1) is 23.3. The van der Waals surface area contributed by atoms with Crippen molar-refractivity contribution in [3.63, 3.8) is 0 Å². The van der Waals surface area contributed by atoms with Gasteiger partial charge < -0.3 is 4.42 Å². The van der Waals surface area contributed by atoms with Crippen molar-refractivity contribution in [2.45, 2.75) is 25.7 Å². The first kappa shape index (κ1) is 27.4. The summed E-state index contributed by atoms with van der Waals surface area (Å²) in [4.78, 5) is 15.5. The summed E-state index contributed by atoms with van der Waals surface area (Å²) in [5, 5.41) is 3.43. The van der Waals surface area contributed by atoms with E-state index >= 15 is 0 Å². The summed E-state index contributed by atoms with van der Waals surface area (Å²) in [5.41, 5.74) is 9.87. The number of nitrogens with zero attached hydrogens (tertiary/aromatic N) is 3. The molecule has 0 bridgehead atoms. The first-order valence-electron chi connectivity index (χ1n) is 16.3. The Morgan fingerprint density at radius 3 is 2.02 bits per heavy atom. The molecule has 0 atom stereocenters. The molecule has 2 aromatic heterocycles. The van der Waals surface area contributed by atoms with Crippen molar-refractivity contribution in [1.82, 2.24) is 15.0 Å². The fourth-order valence-corrected chi connectivity index (χ4v) is 7.02. The van der Waals surface area contributed by atoms with Crippen LogP contribution in [-0.4, -0.2) is 15.0 Å². The molecule has 2 heterocycles. The zero-order valence-electron chi connectivity index (χ0n) is 25.9. The van der Waals surface area contributed by atoms with Crippen LogP contribution in [0.3, 0.4) is 0 Å². The Bertz CT molecular complexity index is 2400. The maximum Gasteiger partial charge on any atom is 0.164 e. The predicted octanol–water partition coefficient (Wildman–Crippen LogP) is 10.9. The normalized spacial score (nSPS) is 14.2. The van der Waals surface area contributed by atoms with Crippen molar-refractivity contribution < 1.29 is 4.42 Å². The molecule has 0 saturated carbocycles. The number of benzene rings is 5. The molecule has 9 rings (SSSR count). The molecule has 47 heavy (non-hydrogen) atoms. The summed E-state index contributed by atoms with van der Waals surface area (Å²) < 4.78 is 6.47. The van der Waals surface area contributed by atoms with Crippen LogP contribution >= 0.6 is 0 Å². The lowest BCUT2D eigenvalue weighted by Gasteiger charge is -2.17. The van der Waals surface area contributed by atoms with E-state index < -0.39 is 0 Å². The summed E-state index contributed by atoms with van der Waals surface area (Å²) in [7, 11) is 0. The third kappa shape index (κ3) is 4.90. The average Bonchev–Trinajstić information content (AvgIpc) is 3.53. The van der Waals surface area contributed by atoms with Gasteiger partial charge >= 0.3 is 0 Å². The summed E-state index contributed by atoms with van der Waals surface area (Å²) in [6.45, 7) is 0. The van der Waals surface area contributed by atoms with Crippen LogP contribution in [-0.2, 0) is 6.42 Å². The molecule has 4 nitrogen and oxygen atoms in total. The molecule has 0 fully saturated rings. The van der Waals surface area contributed by atoms with E-state index in [-0.39, 0.29) is 0 Å². The zero-order valence-corrected chi connectivity index (χ0v) is 25.9. The van der Waals surface area contributed by atoms with Crippen LogP contribution in [0.4, 0.5) is 0 Å². The lowest BCUT2D eigenvalue weighted by Crippen LogP contribution is -2.07. The van der Waals surface area contributed by atoms with Gasteiger partial charge in [0.1, 0.15) is 11.3 Å². The van der Waals surface area contributed by atoms with Gasteiger partial charge in [0, 0.05) is 34.1 Å². The fraction of sp³-hybridized carbons (Fsp3) is 0.0930. The topological polar surface area (TPSA) is 51.8 Å². The third-order valence-corrected chi connectivity index (χ3v) is 9.29. The van der Waals surface area contributed by atoms with E-state index in [0.717, 1.165) is 75.6 Å². The van der Waals surface area contributed by atoms with E-state index in [1.165, 1.54) is 22.1 Å². The molecular weight excluding hydrogens is 574 g/mol. The number of hydrogen-bond donors (Lipinski definition) is 0. The van der Waals surface area contributed by atoms with Gasteiger partial charge in [-0.2, -0.15) is 0 Å². The van der Waals surface area contributed by atoms with Crippen LogP contribution in [0.2, 0.25) is 0 Å². The van der Waals surface area contributed by atoms with Gasteiger partial charge in [-0.1, -0.05) is 121 Å². The van der Waals surface area contributed by atoms with Crippen LogP contribution in [0, 0.1) is 0 Å². The maximum atomic E-state index is 6.47. The molecule has 7 aromatic rings. The smallest absolute Gasteiger partial charge is 0.164 e. The standard InChI is InChI=1S/C43H31N3O/c1-4-13-28(14-5-1)31-23-26-38-37(27-31)40-36(21-12-22-39(40)47-38)43-45-41(30-17-8-3-9-18-30)44-42(46-43)35-25-24-32(29-15-6-2-7-16-29)33-19-10-11-20-34(33)35/h1-6,8-11,13-15,17-21,23-27H,7,12,16,22H2. The van der Waals surface area contributed by atoms with Crippen LogP contribution in [0.15, 0.2) is 144 Å². The van der Waals surface area contributed by atoms with E-state index in [0.29, 0.717) is 17.5 Å². The Hall–Kier alpha value is -5.87. The van der Waals surface area contributed by atoms with E-state index in [2.05, 4.69) is 115 Å². The number of fused-ring (bicyclic) bond motifs is 4. The molecule has 0 N–H and O–H groups in total. The van der Waals surface area contributed by atoms with Gasteiger partial charge in [-0.25, -0.2) is 15.0 Å². The summed E-state index contributed by atoms with van der Waals surface area (Å²) >= 11 is 0. The molecular formula is C43H31N3O. The summed E-state index contributed by atoms with van der Waals surface area (Å²) in [6, 6.07) is 40.2. The number of aryl methyl sites for hydroxylation is 1. The summed E-state index contributed by atoms with van der Waals surface area (Å²) in [6.07, 6.45) is 12.7. The predicted molar refractivity (Wildman–Crippen MR) is 192 cm³/mol. The van der Waals surface area contributed by atoms with E-state index in [1.54, 1.807) is 0 Å². The zero-order chi connectivity index (χ0) is 31.2. The molecule has 0 amide bonds. The van der Waals surface area contributed by atoms with E-state index in [4.69, 9.17) is 19.4 Å². The van der Waals surface area contributed by atoms with Crippen LogP contribution < -0.4 is 0 Å². The van der Waals surface area contributed by atoms with Gasteiger partial charge in [-0.05, 0) is 70.5 Å². The van der Waals surface area contributed by atoms with E-state index in [1.807, 2.05) is 24.3 Å². The second-order valence-corrected chi connectivity index (χ2v) is 12.2. The number of aromatic nitrogens is 3. The highest BCUT2D eigenvalue weighted by Crippen LogP contribution is 2.41. The quantitative estimate of drug-likeness (QED) is 0.196. The Labute approximate surface area is 273 Å². The lowest BCUT2D eigenvalue weighted by atomic mass is 9.90. The van der Waals surface area contributed by atoms with Crippen molar-refractivity contribution in [2.24, 2.45) is 0 Å². The molecule has 224 valence electrons. The van der Waals surface area contributed by atoms with Crippen molar-refractivity contribution >= 4 is 32.9 Å². The van der Waals surface area contributed by atoms with Crippen molar-refractivity contribution in [1.29, 1.82) is 0 Å². The Balaban J connectivity index is 1.25. The van der Waals surface area contributed by atoms with Gasteiger partial charge in [0.15, 0.2) is 17.5 Å². The minimum atomic E-state index is 0.657. The largest absolute Gasteiger partial charge is 0.460 e. The minimum Gasteiger partial charge on any atom is -0.460 e.